The average molecular weight is 527 g/mol. The summed E-state index contributed by atoms with van der Waals surface area (Å²) in [5.74, 6) is 3.90. The number of nitrogens with zero attached hydrogens (tertiary/aromatic N) is 4. The molecule has 1 aromatic heterocycles. The fourth-order valence-electron chi connectivity index (χ4n) is 6.43. The minimum Gasteiger partial charge on any atom is -0.361 e. The number of anilines is 3. The summed E-state index contributed by atoms with van der Waals surface area (Å²) >= 11 is 12.1. The number of benzene rings is 1. The highest BCUT2D eigenvalue weighted by atomic mass is 35.5. The number of aromatic nitrogens is 2. The lowest BCUT2D eigenvalue weighted by atomic mass is 9.79. The maximum atomic E-state index is 6.34. The zero-order valence-corrected chi connectivity index (χ0v) is 23.2. The van der Waals surface area contributed by atoms with Gasteiger partial charge in [0.1, 0.15) is 11.6 Å². The zero-order valence-electron chi connectivity index (χ0n) is 21.6. The van der Waals surface area contributed by atoms with Gasteiger partial charge in [0.05, 0.1) is 0 Å². The van der Waals surface area contributed by atoms with E-state index in [9.17, 15) is 0 Å². The van der Waals surface area contributed by atoms with E-state index in [1.54, 1.807) is 0 Å². The third-order valence-electron chi connectivity index (χ3n) is 8.13. The maximum Gasteiger partial charge on any atom is 0.232 e. The second-order valence-electron chi connectivity index (χ2n) is 11.3. The summed E-state index contributed by atoms with van der Waals surface area (Å²) in [6, 6.07) is 10.5. The van der Waals surface area contributed by atoms with Crippen molar-refractivity contribution in [3.05, 3.63) is 40.9 Å². The zero-order chi connectivity index (χ0) is 25.1. The van der Waals surface area contributed by atoms with E-state index in [1.807, 2.05) is 6.07 Å². The molecule has 3 aliphatic rings. The van der Waals surface area contributed by atoms with Crippen molar-refractivity contribution in [1.29, 1.82) is 0 Å². The van der Waals surface area contributed by atoms with E-state index in [1.165, 1.54) is 37.7 Å². The Morgan fingerprint density at radius 3 is 2.33 bits per heavy atom. The Morgan fingerprint density at radius 2 is 1.67 bits per heavy atom. The fourth-order valence-corrected chi connectivity index (χ4v) is 6.78. The van der Waals surface area contributed by atoms with Crippen molar-refractivity contribution in [1.82, 2.24) is 15.3 Å². The summed E-state index contributed by atoms with van der Waals surface area (Å²) in [5.41, 5.74) is 1.35. The van der Waals surface area contributed by atoms with Gasteiger partial charge in [-0.3, -0.25) is 0 Å². The van der Waals surface area contributed by atoms with Crippen LogP contribution in [0, 0.1) is 11.8 Å². The quantitative estimate of drug-likeness (QED) is 0.447. The second-order valence-corrected chi connectivity index (χ2v) is 12.1. The van der Waals surface area contributed by atoms with Crippen LogP contribution in [0.15, 0.2) is 30.3 Å². The summed E-state index contributed by atoms with van der Waals surface area (Å²) in [7, 11) is 0. The molecule has 0 bridgehead atoms. The number of nitrogens with one attached hydrogen (secondary N) is 2. The molecule has 2 aliphatic heterocycles. The maximum absolute atomic E-state index is 6.34. The molecule has 2 atom stereocenters. The van der Waals surface area contributed by atoms with Crippen LogP contribution in [0.1, 0.15) is 64.4 Å². The summed E-state index contributed by atoms with van der Waals surface area (Å²) in [5, 5.41) is 8.20. The Labute approximate surface area is 226 Å². The highest BCUT2D eigenvalue weighted by molar-refractivity contribution is 7.80. The van der Waals surface area contributed by atoms with Crippen molar-refractivity contribution in [2.45, 2.75) is 64.2 Å². The predicted octanol–water partition coefficient (Wildman–Crippen LogP) is 6.01. The van der Waals surface area contributed by atoms with E-state index in [0.717, 1.165) is 62.2 Å². The van der Waals surface area contributed by atoms with Crippen LogP contribution in [0.3, 0.4) is 0 Å². The topological polar surface area (TPSA) is 56.3 Å². The summed E-state index contributed by atoms with van der Waals surface area (Å²) in [4.78, 5) is 14.6. The first-order chi connectivity index (χ1) is 17.4. The third-order valence-corrected chi connectivity index (χ3v) is 8.61. The van der Waals surface area contributed by atoms with E-state index in [4.69, 9.17) is 33.8 Å². The number of hydrogen-bond donors (Lipinski definition) is 2. The van der Waals surface area contributed by atoms with E-state index >= 15 is 0 Å². The van der Waals surface area contributed by atoms with Gasteiger partial charge in [-0.05, 0) is 73.9 Å². The lowest BCUT2D eigenvalue weighted by molar-refractivity contribution is 0.355. The van der Waals surface area contributed by atoms with Crippen LogP contribution >= 0.6 is 23.8 Å². The minimum absolute atomic E-state index is 0.0557. The SMILES string of the molecule is C[C@H]1C[C@H](C)CN(c2cc(N3CCCC3)nc(NC(=S)NCC3(c4cccc(Cl)c4)CCCC3)n2)C1. The molecule has 1 aliphatic carbocycles. The second kappa shape index (κ2) is 11.1. The summed E-state index contributed by atoms with van der Waals surface area (Å²) in [6.45, 7) is 9.61. The molecule has 0 spiro atoms. The van der Waals surface area contributed by atoms with Gasteiger partial charge in [0, 0.05) is 49.2 Å². The van der Waals surface area contributed by atoms with Gasteiger partial charge in [-0.25, -0.2) is 0 Å². The van der Waals surface area contributed by atoms with E-state index in [0.29, 0.717) is 22.9 Å². The molecule has 1 aromatic carbocycles. The molecule has 3 fully saturated rings. The van der Waals surface area contributed by atoms with Crippen LogP contribution < -0.4 is 20.4 Å². The largest absolute Gasteiger partial charge is 0.361 e. The first kappa shape index (κ1) is 25.5. The van der Waals surface area contributed by atoms with Crippen LogP contribution in [-0.4, -0.2) is 47.8 Å². The molecule has 2 saturated heterocycles. The van der Waals surface area contributed by atoms with Gasteiger partial charge in [0.15, 0.2) is 5.11 Å². The smallest absolute Gasteiger partial charge is 0.232 e. The van der Waals surface area contributed by atoms with Gasteiger partial charge in [0.2, 0.25) is 5.95 Å². The van der Waals surface area contributed by atoms with Crippen LogP contribution in [0.2, 0.25) is 5.02 Å². The molecule has 6 nitrogen and oxygen atoms in total. The van der Waals surface area contributed by atoms with E-state index in [2.05, 4.69) is 58.5 Å². The van der Waals surface area contributed by atoms with Gasteiger partial charge < -0.3 is 20.4 Å². The van der Waals surface area contributed by atoms with Gasteiger partial charge >= 0.3 is 0 Å². The highest BCUT2D eigenvalue weighted by Gasteiger charge is 2.36. The Morgan fingerprint density at radius 1 is 1.00 bits per heavy atom. The monoisotopic (exact) mass is 526 g/mol. The lowest BCUT2D eigenvalue weighted by Crippen LogP contribution is -2.41. The molecule has 5 rings (SSSR count). The van der Waals surface area contributed by atoms with Crippen LogP contribution in [0.25, 0.3) is 0 Å². The van der Waals surface area contributed by atoms with Crippen molar-refractivity contribution in [3.63, 3.8) is 0 Å². The summed E-state index contributed by atoms with van der Waals surface area (Å²) < 4.78 is 0. The van der Waals surface area contributed by atoms with Gasteiger partial charge in [-0.15, -0.1) is 0 Å². The van der Waals surface area contributed by atoms with Gasteiger partial charge in [-0.1, -0.05) is 50.4 Å². The molecular weight excluding hydrogens is 488 g/mol. The van der Waals surface area contributed by atoms with Crippen LogP contribution in [0.4, 0.5) is 17.6 Å². The number of hydrogen-bond acceptors (Lipinski definition) is 5. The number of piperidine rings is 1. The first-order valence-electron chi connectivity index (χ1n) is 13.6. The predicted molar refractivity (Wildman–Crippen MR) is 154 cm³/mol. The van der Waals surface area contributed by atoms with Crippen molar-refractivity contribution in [3.8, 4) is 0 Å². The van der Waals surface area contributed by atoms with Crippen molar-refractivity contribution >= 4 is 46.5 Å². The molecule has 2 aromatic rings. The van der Waals surface area contributed by atoms with Crippen LogP contribution in [-0.2, 0) is 5.41 Å². The molecule has 0 radical (unpaired) electrons. The Bertz CT molecular complexity index is 1060. The summed E-state index contributed by atoms with van der Waals surface area (Å²) in [6.07, 6.45) is 8.43. The minimum atomic E-state index is 0.0557. The molecule has 3 heterocycles. The Hall–Kier alpha value is -2.12. The Kier molecular flexibility index (Phi) is 7.87. The van der Waals surface area contributed by atoms with Gasteiger partial charge in [-0.2, -0.15) is 9.97 Å². The number of halogens is 1. The average Bonchev–Trinajstić information content (AvgIpc) is 3.55. The molecular formula is C28H39ClN6S. The molecule has 0 unspecified atom stereocenters. The van der Waals surface area contributed by atoms with Crippen molar-refractivity contribution in [2.24, 2.45) is 11.8 Å². The standard InChI is InChI=1S/C28H39ClN6S/c1-20-14-21(2)18-35(17-20)25-16-24(34-12-5-6-13-34)31-26(32-25)33-27(36)30-19-28(10-3-4-11-28)22-8-7-9-23(29)15-22/h7-9,15-16,20-21H,3-6,10-14,17-19H2,1-2H3,(H2,30,31,32,33,36)/t20-,21-/m0/s1. The molecule has 8 heteroatoms. The highest BCUT2D eigenvalue weighted by Crippen LogP contribution is 2.41. The molecule has 194 valence electrons. The number of thiocarbonyl (C=S) groups is 1. The fraction of sp³-hybridized carbons (Fsp3) is 0.607. The molecule has 2 N–H and O–H groups in total. The first-order valence-corrected chi connectivity index (χ1v) is 14.4. The van der Waals surface area contributed by atoms with Crippen LogP contribution in [0.5, 0.6) is 0 Å². The van der Waals surface area contributed by atoms with Crippen molar-refractivity contribution in [2.75, 3.05) is 47.8 Å². The van der Waals surface area contributed by atoms with Gasteiger partial charge in [0.25, 0.3) is 0 Å². The molecule has 36 heavy (non-hydrogen) atoms. The van der Waals surface area contributed by atoms with Crippen molar-refractivity contribution < 1.29 is 0 Å². The molecule has 1 saturated carbocycles. The third kappa shape index (κ3) is 5.88. The normalized spacial score (nSPS) is 23.6. The Balaban J connectivity index is 1.32. The molecule has 0 amide bonds. The van der Waals surface area contributed by atoms with E-state index in [-0.39, 0.29) is 5.41 Å². The number of rotatable bonds is 6. The van der Waals surface area contributed by atoms with E-state index < -0.39 is 0 Å². The lowest BCUT2D eigenvalue weighted by Gasteiger charge is -2.36.